The van der Waals surface area contributed by atoms with E-state index < -0.39 is 5.97 Å². The molecule has 0 bridgehead atoms. The number of ether oxygens (including phenoxy) is 2. The lowest BCUT2D eigenvalue weighted by Crippen LogP contribution is -2.12. The third kappa shape index (κ3) is 3.95. The average molecular weight is 336 g/mol. The summed E-state index contributed by atoms with van der Waals surface area (Å²) in [5, 5.41) is 0. The molecule has 126 valence electrons. The highest BCUT2D eigenvalue weighted by Crippen LogP contribution is 2.22. The first-order valence-electron chi connectivity index (χ1n) is 7.68. The number of hydrogen-bond acceptors (Lipinski definition) is 5. The Balaban J connectivity index is 1.77. The van der Waals surface area contributed by atoms with Gasteiger partial charge in [-0.05, 0) is 42.0 Å². The molecule has 0 unspecified atom stereocenters. The lowest BCUT2D eigenvalue weighted by Gasteiger charge is -2.09. The zero-order valence-electron chi connectivity index (χ0n) is 13.6. The first-order chi connectivity index (χ1) is 12.2. The van der Waals surface area contributed by atoms with Gasteiger partial charge in [0.1, 0.15) is 11.5 Å². The lowest BCUT2D eigenvalue weighted by atomic mass is 10.0. The summed E-state index contributed by atoms with van der Waals surface area (Å²) in [6.07, 6.45) is 1.58. The topological polar surface area (TPSA) is 65.7 Å². The summed E-state index contributed by atoms with van der Waals surface area (Å²) in [5.74, 6) is 0.228. The number of carbonyl (C=O) groups is 2. The third-order valence-corrected chi connectivity index (χ3v) is 3.64. The van der Waals surface area contributed by atoms with Crippen LogP contribution in [0.3, 0.4) is 0 Å². The molecular weight excluding hydrogens is 320 g/mol. The van der Waals surface area contributed by atoms with Crippen molar-refractivity contribution in [1.29, 1.82) is 0 Å². The van der Waals surface area contributed by atoms with Gasteiger partial charge in [0.2, 0.25) is 5.76 Å². The molecule has 0 radical (unpaired) electrons. The van der Waals surface area contributed by atoms with Crippen molar-refractivity contribution < 1.29 is 23.5 Å². The SMILES string of the molecule is COc1ccc(CC(=O)c2ccccc2OC(=O)c2ccco2)cc1. The molecule has 1 heterocycles. The number of furan rings is 1. The second-order valence-corrected chi connectivity index (χ2v) is 5.31. The van der Waals surface area contributed by atoms with Crippen LogP contribution in [-0.4, -0.2) is 18.9 Å². The quantitative estimate of drug-likeness (QED) is 0.388. The predicted molar refractivity (Wildman–Crippen MR) is 91.1 cm³/mol. The third-order valence-electron chi connectivity index (χ3n) is 3.64. The van der Waals surface area contributed by atoms with Crippen molar-refractivity contribution in [3.05, 3.63) is 83.8 Å². The van der Waals surface area contributed by atoms with E-state index in [4.69, 9.17) is 13.9 Å². The standard InChI is InChI=1S/C20H16O5/c1-23-15-10-8-14(9-11-15)13-17(21)16-5-2-3-6-18(16)25-20(22)19-7-4-12-24-19/h2-12H,13H2,1H3. The first-order valence-corrected chi connectivity index (χ1v) is 7.68. The number of carbonyl (C=O) groups excluding carboxylic acids is 2. The van der Waals surface area contributed by atoms with Crippen molar-refractivity contribution in [2.45, 2.75) is 6.42 Å². The van der Waals surface area contributed by atoms with Crippen LogP contribution in [0, 0.1) is 0 Å². The van der Waals surface area contributed by atoms with Crippen molar-refractivity contribution in [2.75, 3.05) is 7.11 Å². The molecule has 5 heteroatoms. The number of esters is 1. The summed E-state index contributed by atoms with van der Waals surface area (Å²) >= 11 is 0. The first kappa shape index (κ1) is 16.5. The van der Waals surface area contributed by atoms with Gasteiger partial charge in [0, 0.05) is 6.42 Å². The normalized spacial score (nSPS) is 10.3. The van der Waals surface area contributed by atoms with Crippen molar-refractivity contribution in [3.63, 3.8) is 0 Å². The van der Waals surface area contributed by atoms with Crippen molar-refractivity contribution in [2.24, 2.45) is 0 Å². The van der Waals surface area contributed by atoms with Crippen LogP contribution in [0.1, 0.15) is 26.5 Å². The van der Waals surface area contributed by atoms with Crippen LogP contribution in [-0.2, 0) is 6.42 Å². The Bertz CT molecular complexity index is 863. The number of rotatable bonds is 6. The van der Waals surface area contributed by atoms with E-state index in [9.17, 15) is 9.59 Å². The van der Waals surface area contributed by atoms with Crippen LogP contribution in [0.2, 0.25) is 0 Å². The summed E-state index contributed by atoms with van der Waals surface area (Å²) < 4.78 is 15.4. The summed E-state index contributed by atoms with van der Waals surface area (Å²) in [5.41, 5.74) is 1.19. The largest absolute Gasteiger partial charge is 0.497 e. The lowest BCUT2D eigenvalue weighted by molar-refractivity contribution is 0.0699. The van der Waals surface area contributed by atoms with Gasteiger partial charge in [-0.1, -0.05) is 24.3 Å². The minimum Gasteiger partial charge on any atom is -0.497 e. The number of hydrogen-bond donors (Lipinski definition) is 0. The van der Waals surface area contributed by atoms with Gasteiger partial charge < -0.3 is 13.9 Å². The monoisotopic (exact) mass is 336 g/mol. The minimum atomic E-state index is -0.644. The summed E-state index contributed by atoms with van der Waals surface area (Å²) in [7, 11) is 1.59. The van der Waals surface area contributed by atoms with E-state index in [-0.39, 0.29) is 23.7 Å². The second-order valence-electron chi connectivity index (χ2n) is 5.31. The highest BCUT2D eigenvalue weighted by Gasteiger charge is 2.17. The smallest absolute Gasteiger partial charge is 0.379 e. The van der Waals surface area contributed by atoms with Crippen molar-refractivity contribution in [3.8, 4) is 11.5 Å². The maximum absolute atomic E-state index is 12.6. The molecule has 0 fully saturated rings. The number of ketones is 1. The van der Waals surface area contributed by atoms with Gasteiger partial charge in [-0.3, -0.25) is 4.79 Å². The second kappa shape index (κ2) is 7.49. The molecule has 0 aliphatic rings. The molecule has 0 N–H and O–H groups in total. The molecule has 5 nitrogen and oxygen atoms in total. The summed E-state index contributed by atoms with van der Waals surface area (Å²) in [6.45, 7) is 0. The van der Waals surface area contributed by atoms with Crippen LogP contribution in [0.5, 0.6) is 11.5 Å². The fourth-order valence-electron chi connectivity index (χ4n) is 2.35. The van der Waals surface area contributed by atoms with Crippen LogP contribution in [0.25, 0.3) is 0 Å². The number of benzene rings is 2. The van der Waals surface area contributed by atoms with E-state index in [1.807, 2.05) is 12.1 Å². The molecule has 3 rings (SSSR count). The summed E-state index contributed by atoms with van der Waals surface area (Å²) in [4.78, 5) is 24.6. The predicted octanol–water partition coefficient (Wildman–Crippen LogP) is 3.93. The Labute approximate surface area is 144 Å². The maximum Gasteiger partial charge on any atom is 0.379 e. The van der Waals surface area contributed by atoms with Gasteiger partial charge in [-0.15, -0.1) is 0 Å². The van der Waals surface area contributed by atoms with E-state index in [0.29, 0.717) is 5.56 Å². The van der Waals surface area contributed by atoms with Crippen LogP contribution < -0.4 is 9.47 Å². The summed E-state index contributed by atoms with van der Waals surface area (Å²) in [6, 6.07) is 17.0. The fraction of sp³-hybridized carbons (Fsp3) is 0.100. The maximum atomic E-state index is 12.6. The zero-order valence-corrected chi connectivity index (χ0v) is 13.6. The minimum absolute atomic E-state index is 0.0809. The molecule has 25 heavy (non-hydrogen) atoms. The number of para-hydroxylation sites is 1. The number of Topliss-reactive ketones (excluding diaryl/α,β-unsaturated/α-hetero) is 1. The molecular formula is C20H16O5. The van der Waals surface area contributed by atoms with E-state index in [2.05, 4.69) is 0 Å². The Morgan fingerprint density at radius 1 is 0.960 bits per heavy atom. The van der Waals surface area contributed by atoms with Crippen LogP contribution >= 0.6 is 0 Å². The number of methoxy groups -OCH3 is 1. The molecule has 0 aliphatic heterocycles. The highest BCUT2D eigenvalue weighted by molar-refractivity contribution is 6.01. The van der Waals surface area contributed by atoms with Crippen LogP contribution in [0.4, 0.5) is 0 Å². The highest BCUT2D eigenvalue weighted by atomic mass is 16.5. The molecule has 0 amide bonds. The Hall–Kier alpha value is -3.34. The Morgan fingerprint density at radius 3 is 2.40 bits per heavy atom. The Morgan fingerprint density at radius 2 is 1.72 bits per heavy atom. The molecule has 0 atom stereocenters. The zero-order chi connectivity index (χ0) is 17.6. The molecule has 0 saturated carbocycles. The molecule has 0 saturated heterocycles. The van der Waals surface area contributed by atoms with Gasteiger partial charge >= 0.3 is 5.97 Å². The van der Waals surface area contributed by atoms with E-state index in [1.54, 1.807) is 49.6 Å². The average Bonchev–Trinajstić information content (AvgIpc) is 3.17. The van der Waals surface area contributed by atoms with Crippen molar-refractivity contribution >= 4 is 11.8 Å². The van der Waals surface area contributed by atoms with E-state index >= 15 is 0 Å². The Kier molecular flexibility index (Phi) is 4.95. The molecule has 3 aromatic rings. The van der Waals surface area contributed by atoms with E-state index in [1.165, 1.54) is 12.3 Å². The van der Waals surface area contributed by atoms with Gasteiger partial charge in [0.05, 0.1) is 18.9 Å². The molecule has 0 aliphatic carbocycles. The van der Waals surface area contributed by atoms with Crippen LogP contribution in [0.15, 0.2) is 71.3 Å². The molecule has 1 aromatic heterocycles. The van der Waals surface area contributed by atoms with Crippen molar-refractivity contribution in [1.82, 2.24) is 0 Å². The van der Waals surface area contributed by atoms with Gasteiger partial charge in [0.15, 0.2) is 5.78 Å². The molecule has 2 aromatic carbocycles. The van der Waals surface area contributed by atoms with Gasteiger partial charge in [-0.2, -0.15) is 0 Å². The van der Waals surface area contributed by atoms with E-state index in [0.717, 1.165) is 11.3 Å². The molecule has 0 spiro atoms. The fourth-order valence-corrected chi connectivity index (χ4v) is 2.35. The van der Waals surface area contributed by atoms with Gasteiger partial charge in [0.25, 0.3) is 0 Å². The van der Waals surface area contributed by atoms with Gasteiger partial charge in [-0.25, -0.2) is 4.79 Å².